The zero-order chi connectivity index (χ0) is 14.7. The molecule has 4 heteroatoms. The van der Waals surface area contributed by atoms with Gasteiger partial charge in [-0.15, -0.1) is 0 Å². The average molecular weight is 272 g/mol. The highest BCUT2D eigenvalue weighted by molar-refractivity contribution is 5.28. The van der Waals surface area contributed by atoms with E-state index in [-0.39, 0.29) is 11.2 Å². The Balaban J connectivity index is 2.45. The molecule has 0 radical (unpaired) electrons. The molecule has 20 heavy (non-hydrogen) atoms. The summed E-state index contributed by atoms with van der Waals surface area (Å²) in [4.78, 5) is 24.2. The molecular weight excluding hydrogens is 252 g/mol. The molecule has 4 nitrogen and oxygen atoms in total. The van der Waals surface area contributed by atoms with E-state index in [1.165, 1.54) is 10.6 Å². The third-order valence-corrected chi connectivity index (χ3v) is 3.23. The number of hydrogen-bond acceptors (Lipinski definition) is 2. The zero-order valence-electron chi connectivity index (χ0n) is 12.2. The van der Waals surface area contributed by atoms with Gasteiger partial charge in [-0.3, -0.25) is 9.36 Å². The minimum atomic E-state index is -0.249. The van der Waals surface area contributed by atoms with Crippen LogP contribution in [0, 0.1) is 13.8 Å². The Kier molecular flexibility index (Phi) is 4.23. The van der Waals surface area contributed by atoms with Gasteiger partial charge in [-0.25, -0.2) is 4.79 Å². The van der Waals surface area contributed by atoms with Crippen LogP contribution in [0.1, 0.15) is 30.0 Å². The first-order chi connectivity index (χ1) is 9.51. The lowest BCUT2D eigenvalue weighted by atomic mass is 10.1. The highest BCUT2D eigenvalue weighted by Crippen LogP contribution is 2.09. The quantitative estimate of drug-likeness (QED) is 0.855. The highest BCUT2D eigenvalue weighted by atomic mass is 16.2. The lowest BCUT2D eigenvalue weighted by Crippen LogP contribution is -2.39. The molecule has 0 amide bonds. The normalized spacial score (nSPS) is 10.8. The Bertz CT molecular complexity index is 706. The summed E-state index contributed by atoms with van der Waals surface area (Å²) in [6.45, 7) is 6.99. The second kappa shape index (κ2) is 5.90. The van der Waals surface area contributed by atoms with Crippen LogP contribution >= 0.6 is 0 Å². The van der Waals surface area contributed by atoms with E-state index in [0.717, 1.165) is 23.1 Å². The molecule has 2 aromatic rings. The Morgan fingerprint density at radius 1 is 1.05 bits per heavy atom. The van der Waals surface area contributed by atoms with Crippen molar-refractivity contribution in [3.8, 4) is 0 Å². The van der Waals surface area contributed by atoms with Crippen LogP contribution in [-0.2, 0) is 13.1 Å². The van der Waals surface area contributed by atoms with Gasteiger partial charge in [0, 0.05) is 18.8 Å². The summed E-state index contributed by atoms with van der Waals surface area (Å²) < 4.78 is 2.88. The van der Waals surface area contributed by atoms with Crippen LogP contribution in [0.4, 0.5) is 0 Å². The summed E-state index contributed by atoms with van der Waals surface area (Å²) in [5, 5.41) is 0. The van der Waals surface area contributed by atoms with Crippen molar-refractivity contribution in [3.05, 3.63) is 68.0 Å². The van der Waals surface area contributed by atoms with Gasteiger partial charge in [-0.05, 0) is 25.8 Å². The minimum Gasteiger partial charge on any atom is -0.300 e. The molecule has 0 fully saturated rings. The van der Waals surface area contributed by atoms with Crippen molar-refractivity contribution in [2.45, 2.75) is 40.3 Å². The molecule has 0 aliphatic carbocycles. The fourth-order valence-electron chi connectivity index (χ4n) is 2.46. The predicted molar refractivity (Wildman–Crippen MR) is 80.3 cm³/mol. The summed E-state index contributed by atoms with van der Waals surface area (Å²) in [7, 11) is 0. The molecule has 0 saturated carbocycles. The monoisotopic (exact) mass is 272 g/mol. The van der Waals surface area contributed by atoms with Crippen molar-refractivity contribution in [2.24, 2.45) is 0 Å². The van der Waals surface area contributed by atoms with E-state index < -0.39 is 0 Å². The third kappa shape index (κ3) is 3.07. The maximum absolute atomic E-state index is 12.3. The third-order valence-electron chi connectivity index (χ3n) is 3.23. The van der Waals surface area contributed by atoms with E-state index in [0.29, 0.717) is 13.1 Å². The van der Waals surface area contributed by atoms with E-state index in [2.05, 4.69) is 6.07 Å². The minimum absolute atomic E-state index is 0.237. The zero-order valence-corrected chi connectivity index (χ0v) is 12.2. The number of nitrogens with zero attached hydrogens (tertiary/aromatic N) is 2. The summed E-state index contributed by atoms with van der Waals surface area (Å²) >= 11 is 0. The summed E-state index contributed by atoms with van der Waals surface area (Å²) in [5.41, 5.74) is 2.77. The smallest absolute Gasteiger partial charge is 0.300 e. The van der Waals surface area contributed by atoms with Crippen LogP contribution in [0.2, 0.25) is 0 Å². The van der Waals surface area contributed by atoms with Crippen molar-refractivity contribution in [3.63, 3.8) is 0 Å². The highest BCUT2D eigenvalue weighted by Gasteiger charge is 2.06. The van der Waals surface area contributed by atoms with Gasteiger partial charge in [0.25, 0.3) is 5.56 Å². The fourth-order valence-corrected chi connectivity index (χ4v) is 2.46. The van der Waals surface area contributed by atoms with E-state index in [4.69, 9.17) is 0 Å². The van der Waals surface area contributed by atoms with Crippen LogP contribution in [-0.4, -0.2) is 9.13 Å². The van der Waals surface area contributed by atoms with E-state index in [9.17, 15) is 9.59 Å². The Morgan fingerprint density at radius 2 is 1.70 bits per heavy atom. The molecule has 1 heterocycles. The predicted octanol–water partition coefficient (Wildman–Crippen LogP) is 2.09. The van der Waals surface area contributed by atoms with Crippen molar-refractivity contribution < 1.29 is 0 Å². The van der Waals surface area contributed by atoms with Gasteiger partial charge in [0.05, 0.1) is 6.54 Å². The van der Waals surface area contributed by atoms with Crippen LogP contribution in [0.25, 0.3) is 0 Å². The summed E-state index contributed by atoms with van der Waals surface area (Å²) in [6.07, 6.45) is 2.44. The van der Waals surface area contributed by atoms with Gasteiger partial charge in [0.1, 0.15) is 0 Å². The van der Waals surface area contributed by atoms with Crippen molar-refractivity contribution in [1.29, 1.82) is 0 Å². The first-order valence-electron chi connectivity index (χ1n) is 6.88. The first-order valence-corrected chi connectivity index (χ1v) is 6.88. The van der Waals surface area contributed by atoms with Gasteiger partial charge >= 0.3 is 5.69 Å². The van der Waals surface area contributed by atoms with Crippen molar-refractivity contribution in [2.75, 3.05) is 0 Å². The molecule has 1 aromatic carbocycles. The number of aromatic nitrogens is 2. The first kappa shape index (κ1) is 14.3. The summed E-state index contributed by atoms with van der Waals surface area (Å²) in [5.74, 6) is 0. The van der Waals surface area contributed by atoms with Gasteiger partial charge < -0.3 is 4.57 Å². The lowest BCUT2D eigenvalue weighted by Gasteiger charge is -2.10. The maximum atomic E-state index is 12.3. The van der Waals surface area contributed by atoms with Crippen LogP contribution in [0.3, 0.4) is 0 Å². The molecule has 0 N–H and O–H groups in total. The molecule has 0 bridgehead atoms. The van der Waals surface area contributed by atoms with Crippen LogP contribution in [0.5, 0.6) is 0 Å². The van der Waals surface area contributed by atoms with Gasteiger partial charge in [-0.2, -0.15) is 0 Å². The Labute approximate surface area is 118 Å². The van der Waals surface area contributed by atoms with Gasteiger partial charge in [0.15, 0.2) is 0 Å². The number of benzene rings is 1. The van der Waals surface area contributed by atoms with Crippen LogP contribution in [0.15, 0.2) is 40.1 Å². The standard InChI is InChI=1S/C16H20N2O2/c1-4-6-17-7-5-15(19)18(16(17)20)11-14-9-12(2)8-13(3)10-14/h5,7-10H,4,6,11H2,1-3H3. The number of aryl methyl sites for hydroxylation is 3. The SMILES string of the molecule is CCCn1ccc(=O)n(Cc2cc(C)cc(C)c2)c1=O. The van der Waals surface area contributed by atoms with E-state index >= 15 is 0 Å². The molecular formula is C16H20N2O2. The topological polar surface area (TPSA) is 44.0 Å². The van der Waals surface area contributed by atoms with Crippen molar-refractivity contribution in [1.82, 2.24) is 9.13 Å². The molecule has 106 valence electrons. The molecule has 0 aliphatic heterocycles. The van der Waals surface area contributed by atoms with E-state index in [1.807, 2.05) is 32.9 Å². The second-order valence-electron chi connectivity index (χ2n) is 5.21. The maximum Gasteiger partial charge on any atom is 0.331 e. The van der Waals surface area contributed by atoms with Gasteiger partial charge in [0.2, 0.25) is 0 Å². The molecule has 2 rings (SSSR count). The summed E-state index contributed by atoms with van der Waals surface area (Å²) in [6, 6.07) is 7.55. The van der Waals surface area contributed by atoms with Crippen LogP contribution < -0.4 is 11.2 Å². The number of rotatable bonds is 4. The average Bonchev–Trinajstić information content (AvgIpc) is 2.37. The molecule has 0 saturated heterocycles. The lowest BCUT2D eigenvalue weighted by molar-refractivity contribution is 0.570. The number of hydrogen-bond donors (Lipinski definition) is 0. The van der Waals surface area contributed by atoms with Crippen molar-refractivity contribution >= 4 is 0 Å². The van der Waals surface area contributed by atoms with E-state index in [1.54, 1.807) is 10.8 Å². The van der Waals surface area contributed by atoms with Gasteiger partial charge in [-0.1, -0.05) is 36.2 Å². The molecule has 0 unspecified atom stereocenters. The second-order valence-corrected chi connectivity index (χ2v) is 5.21. The Hall–Kier alpha value is -2.10. The fraction of sp³-hybridized carbons (Fsp3) is 0.375. The molecule has 0 spiro atoms. The Morgan fingerprint density at radius 3 is 2.30 bits per heavy atom. The molecule has 1 aromatic heterocycles. The molecule has 0 aliphatic rings. The largest absolute Gasteiger partial charge is 0.331 e. The molecule has 0 atom stereocenters.